The summed E-state index contributed by atoms with van der Waals surface area (Å²) in [4.78, 5) is 11.8. The molecule has 3 nitrogen and oxygen atoms in total. The Labute approximate surface area is 114 Å². The average Bonchev–Trinajstić information content (AvgIpc) is 2.28. The van der Waals surface area contributed by atoms with Gasteiger partial charge in [-0.1, -0.05) is 29.3 Å². The molecule has 2 rings (SSSR count). The number of pyridine rings is 1. The SMILES string of the molecule is Cc1cc(O)cc(=O)n1Cc1ccc(Cl)c(Cl)c1. The second-order valence-corrected chi connectivity index (χ2v) is 4.84. The summed E-state index contributed by atoms with van der Waals surface area (Å²) in [6.45, 7) is 2.15. The van der Waals surface area contributed by atoms with Crippen LogP contribution in [0.5, 0.6) is 5.75 Å². The molecule has 18 heavy (non-hydrogen) atoms. The highest BCUT2D eigenvalue weighted by atomic mass is 35.5. The minimum Gasteiger partial charge on any atom is -0.508 e. The molecule has 0 radical (unpaired) electrons. The van der Waals surface area contributed by atoms with Crippen LogP contribution in [-0.2, 0) is 6.54 Å². The Hall–Kier alpha value is -1.45. The molecule has 0 fully saturated rings. The van der Waals surface area contributed by atoms with Crippen LogP contribution in [0.4, 0.5) is 0 Å². The lowest BCUT2D eigenvalue weighted by Crippen LogP contribution is -2.21. The zero-order valence-electron chi connectivity index (χ0n) is 9.65. The van der Waals surface area contributed by atoms with Gasteiger partial charge in [0.05, 0.1) is 16.6 Å². The van der Waals surface area contributed by atoms with Crippen molar-refractivity contribution in [2.45, 2.75) is 13.5 Å². The first-order valence-corrected chi connectivity index (χ1v) is 6.07. The fourth-order valence-electron chi connectivity index (χ4n) is 1.74. The molecule has 1 heterocycles. The first kappa shape index (κ1) is 13.0. The highest BCUT2D eigenvalue weighted by Crippen LogP contribution is 2.23. The van der Waals surface area contributed by atoms with E-state index < -0.39 is 0 Å². The van der Waals surface area contributed by atoms with E-state index in [0.717, 1.165) is 5.56 Å². The fraction of sp³-hybridized carbons (Fsp3) is 0.154. The van der Waals surface area contributed by atoms with Gasteiger partial charge >= 0.3 is 0 Å². The van der Waals surface area contributed by atoms with Gasteiger partial charge in [-0.25, -0.2) is 0 Å². The zero-order valence-corrected chi connectivity index (χ0v) is 11.2. The van der Waals surface area contributed by atoms with Gasteiger partial charge in [-0.05, 0) is 30.7 Å². The summed E-state index contributed by atoms with van der Waals surface area (Å²) in [6.07, 6.45) is 0. The van der Waals surface area contributed by atoms with Gasteiger partial charge in [0.1, 0.15) is 5.75 Å². The molecule has 2 aromatic rings. The van der Waals surface area contributed by atoms with Crippen molar-refractivity contribution >= 4 is 23.2 Å². The maximum atomic E-state index is 11.8. The summed E-state index contributed by atoms with van der Waals surface area (Å²) in [6, 6.07) is 7.96. The van der Waals surface area contributed by atoms with Crippen molar-refractivity contribution in [2.24, 2.45) is 0 Å². The van der Waals surface area contributed by atoms with Gasteiger partial charge in [-0.15, -0.1) is 0 Å². The second-order valence-electron chi connectivity index (χ2n) is 4.03. The van der Waals surface area contributed by atoms with Gasteiger partial charge in [0.25, 0.3) is 5.56 Å². The van der Waals surface area contributed by atoms with E-state index in [-0.39, 0.29) is 11.3 Å². The topological polar surface area (TPSA) is 42.2 Å². The average molecular weight is 284 g/mol. The molecule has 0 aliphatic rings. The summed E-state index contributed by atoms with van der Waals surface area (Å²) in [7, 11) is 0. The standard InChI is InChI=1S/C13H11Cl2NO2/c1-8-4-10(17)6-13(18)16(8)7-9-2-3-11(14)12(15)5-9/h2-6,17H,7H2,1H3. The molecule has 0 saturated carbocycles. The lowest BCUT2D eigenvalue weighted by molar-refractivity contribution is 0.470. The Morgan fingerprint density at radius 1 is 1.17 bits per heavy atom. The number of aromatic hydroxyl groups is 1. The quantitative estimate of drug-likeness (QED) is 0.920. The number of hydrogen-bond donors (Lipinski definition) is 1. The van der Waals surface area contributed by atoms with E-state index in [9.17, 15) is 9.90 Å². The molecular weight excluding hydrogens is 273 g/mol. The molecule has 0 aliphatic carbocycles. The summed E-state index contributed by atoms with van der Waals surface area (Å²) in [5.74, 6) is -0.0251. The number of aromatic nitrogens is 1. The second kappa shape index (κ2) is 5.04. The van der Waals surface area contributed by atoms with Crippen molar-refractivity contribution in [3.63, 3.8) is 0 Å². The monoisotopic (exact) mass is 283 g/mol. The number of rotatable bonds is 2. The summed E-state index contributed by atoms with van der Waals surface area (Å²) in [5.41, 5.74) is 1.31. The molecule has 0 amide bonds. The number of halogens is 2. The van der Waals surface area contributed by atoms with Crippen LogP contribution in [-0.4, -0.2) is 9.67 Å². The molecule has 1 N–H and O–H groups in total. The van der Waals surface area contributed by atoms with Crippen molar-refractivity contribution in [3.05, 3.63) is 62.0 Å². The van der Waals surface area contributed by atoms with E-state index in [1.54, 1.807) is 29.7 Å². The summed E-state index contributed by atoms with van der Waals surface area (Å²) < 4.78 is 1.55. The van der Waals surface area contributed by atoms with E-state index in [2.05, 4.69) is 0 Å². The van der Waals surface area contributed by atoms with Gasteiger partial charge in [0, 0.05) is 11.8 Å². The third-order valence-corrected chi connectivity index (χ3v) is 3.38. The van der Waals surface area contributed by atoms with E-state index >= 15 is 0 Å². The fourth-order valence-corrected chi connectivity index (χ4v) is 2.06. The van der Waals surface area contributed by atoms with Crippen molar-refractivity contribution in [2.75, 3.05) is 0 Å². The van der Waals surface area contributed by atoms with E-state index in [4.69, 9.17) is 23.2 Å². The van der Waals surface area contributed by atoms with Gasteiger partial charge in [0.15, 0.2) is 0 Å². The van der Waals surface area contributed by atoms with Gasteiger partial charge < -0.3 is 9.67 Å². The highest BCUT2D eigenvalue weighted by Gasteiger charge is 2.05. The van der Waals surface area contributed by atoms with Gasteiger partial charge in [-0.3, -0.25) is 4.79 Å². The predicted molar refractivity (Wildman–Crippen MR) is 72.7 cm³/mol. The smallest absolute Gasteiger partial charge is 0.254 e. The number of nitrogens with zero attached hydrogens (tertiary/aromatic N) is 1. The maximum Gasteiger partial charge on any atom is 0.254 e. The van der Waals surface area contributed by atoms with Gasteiger partial charge in [-0.2, -0.15) is 0 Å². The van der Waals surface area contributed by atoms with Crippen molar-refractivity contribution in [1.82, 2.24) is 4.57 Å². The Morgan fingerprint density at radius 2 is 1.89 bits per heavy atom. The van der Waals surface area contributed by atoms with E-state index in [1.165, 1.54) is 6.07 Å². The van der Waals surface area contributed by atoms with E-state index in [0.29, 0.717) is 22.3 Å². The zero-order chi connectivity index (χ0) is 13.3. The number of aryl methyl sites for hydroxylation is 1. The minimum absolute atomic E-state index is 0.0251. The van der Waals surface area contributed by atoms with Crippen LogP contribution < -0.4 is 5.56 Å². The van der Waals surface area contributed by atoms with Crippen molar-refractivity contribution in [3.8, 4) is 5.75 Å². The lowest BCUT2D eigenvalue weighted by Gasteiger charge is -2.10. The Morgan fingerprint density at radius 3 is 2.50 bits per heavy atom. The Bertz CT molecular complexity index is 650. The Kier molecular flexibility index (Phi) is 3.64. The lowest BCUT2D eigenvalue weighted by atomic mass is 10.2. The van der Waals surface area contributed by atoms with Crippen molar-refractivity contribution in [1.29, 1.82) is 0 Å². The third-order valence-electron chi connectivity index (χ3n) is 2.64. The molecule has 0 saturated heterocycles. The Balaban J connectivity index is 2.40. The maximum absolute atomic E-state index is 11.8. The molecule has 1 aromatic heterocycles. The molecule has 94 valence electrons. The minimum atomic E-state index is -0.251. The van der Waals surface area contributed by atoms with Crippen molar-refractivity contribution < 1.29 is 5.11 Å². The summed E-state index contributed by atoms with van der Waals surface area (Å²) >= 11 is 11.8. The van der Waals surface area contributed by atoms with E-state index in [1.807, 2.05) is 6.07 Å². The van der Waals surface area contributed by atoms with Crippen LogP contribution in [0.2, 0.25) is 10.0 Å². The van der Waals surface area contributed by atoms with Crippen LogP contribution in [0.15, 0.2) is 35.1 Å². The predicted octanol–water partition coefficient (Wildman–Crippen LogP) is 3.22. The van der Waals surface area contributed by atoms with Crippen LogP contribution in [0.3, 0.4) is 0 Å². The van der Waals surface area contributed by atoms with Crippen LogP contribution in [0.25, 0.3) is 0 Å². The highest BCUT2D eigenvalue weighted by molar-refractivity contribution is 6.42. The first-order chi connectivity index (χ1) is 8.47. The first-order valence-electron chi connectivity index (χ1n) is 5.32. The molecule has 0 unspecified atom stereocenters. The van der Waals surface area contributed by atoms with Crippen LogP contribution in [0.1, 0.15) is 11.3 Å². The largest absolute Gasteiger partial charge is 0.508 e. The summed E-state index contributed by atoms with van der Waals surface area (Å²) in [5, 5.41) is 10.3. The number of benzene rings is 1. The number of hydrogen-bond acceptors (Lipinski definition) is 2. The molecule has 0 aliphatic heterocycles. The third kappa shape index (κ3) is 2.68. The molecule has 0 spiro atoms. The molecule has 5 heteroatoms. The van der Waals surface area contributed by atoms with Gasteiger partial charge in [0.2, 0.25) is 0 Å². The molecular formula is C13H11Cl2NO2. The molecule has 1 aromatic carbocycles. The molecule has 0 atom stereocenters. The molecule has 0 bridgehead atoms. The normalized spacial score (nSPS) is 10.6. The van der Waals surface area contributed by atoms with Crippen LogP contribution in [0, 0.1) is 6.92 Å². The van der Waals surface area contributed by atoms with Crippen LogP contribution >= 0.6 is 23.2 Å².